The molecule has 1 amide bonds. The molecule has 0 aromatic heterocycles. The molecule has 0 atom stereocenters. The van der Waals surface area contributed by atoms with Gasteiger partial charge >= 0.3 is 0 Å². The van der Waals surface area contributed by atoms with E-state index in [0.29, 0.717) is 38.6 Å². The molecule has 5 nitrogen and oxygen atoms in total. The Morgan fingerprint density at radius 3 is 2.90 bits per heavy atom. The smallest absolute Gasteiger partial charge is 0.260 e. The number of rotatable bonds is 5. The lowest BCUT2D eigenvalue weighted by Gasteiger charge is -2.26. The first-order valence-corrected chi connectivity index (χ1v) is 6.62. The van der Waals surface area contributed by atoms with Gasteiger partial charge in [0.1, 0.15) is 11.6 Å². The van der Waals surface area contributed by atoms with Gasteiger partial charge in [-0.2, -0.15) is 0 Å². The van der Waals surface area contributed by atoms with Crippen LogP contribution in [0.5, 0.6) is 5.75 Å². The van der Waals surface area contributed by atoms with Crippen LogP contribution in [0.4, 0.5) is 4.39 Å². The van der Waals surface area contributed by atoms with Crippen molar-refractivity contribution >= 4 is 5.91 Å². The Bertz CT molecular complexity index is 462. The lowest BCUT2D eigenvalue weighted by atomic mass is 10.2. The van der Waals surface area contributed by atoms with Crippen LogP contribution in [0.15, 0.2) is 18.2 Å². The zero-order valence-electron chi connectivity index (χ0n) is 11.5. The second-order valence-electron chi connectivity index (χ2n) is 4.56. The SMILES string of the molecule is CNCc1ccc(F)cc1OCC(=O)N1CCOCC1. The zero-order chi connectivity index (χ0) is 14.4. The predicted molar refractivity (Wildman–Crippen MR) is 72.1 cm³/mol. The van der Waals surface area contributed by atoms with Gasteiger partial charge in [0.2, 0.25) is 0 Å². The molecule has 1 aromatic rings. The van der Waals surface area contributed by atoms with Gasteiger partial charge in [0.15, 0.2) is 6.61 Å². The minimum atomic E-state index is -0.376. The minimum Gasteiger partial charge on any atom is -0.483 e. The van der Waals surface area contributed by atoms with E-state index < -0.39 is 0 Å². The largest absolute Gasteiger partial charge is 0.483 e. The van der Waals surface area contributed by atoms with Crippen LogP contribution in [-0.2, 0) is 16.1 Å². The Morgan fingerprint density at radius 2 is 2.20 bits per heavy atom. The summed E-state index contributed by atoms with van der Waals surface area (Å²) >= 11 is 0. The van der Waals surface area contributed by atoms with Gasteiger partial charge in [-0.05, 0) is 13.1 Å². The average molecular weight is 282 g/mol. The van der Waals surface area contributed by atoms with E-state index in [4.69, 9.17) is 9.47 Å². The molecule has 0 bridgehead atoms. The van der Waals surface area contributed by atoms with Crippen LogP contribution in [0.1, 0.15) is 5.56 Å². The summed E-state index contributed by atoms with van der Waals surface area (Å²) in [4.78, 5) is 13.7. The Kier molecular flexibility index (Phi) is 5.31. The fraction of sp³-hybridized carbons (Fsp3) is 0.500. The second-order valence-corrected chi connectivity index (χ2v) is 4.56. The molecule has 1 fully saturated rings. The summed E-state index contributed by atoms with van der Waals surface area (Å²) in [6.45, 7) is 2.73. The maximum atomic E-state index is 13.3. The van der Waals surface area contributed by atoms with Crippen molar-refractivity contribution < 1.29 is 18.7 Å². The van der Waals surface area contributed by atoms with E-state index in [1.807, 2.05) is 0 Å². The summed E-state index contributed by atoms with van der Waals surface area (Å²) in [6, 6.07) is 4.34. The summed E-state index contributed by atoms with van der Waals surface area (Å²) in [7, 11) is 1.80. The summed E-state index contributed by atoms with van der Waals surface area (Å²) in [5.41, 5.74) is 0.823. The molecule has 1 aliphatic rings. The summed E-state index contributed by atoms with van der Waals surface area (Å²) in [5, 5.41) is 2.98. The minimum absolute atomic E-state index is 0.0832. The summed E-state index contributed by atoms with van der Waals surface area (Å²) < 4.78 is 23.9. The number of hydrogen-bond donors (Lipinski definition) is 1. The molecule has 0 saturated carbocycles. The molecular formula is C14H19FN2O3. The highest BCUT2D eigenvalue weighted by Gasteiger charge is 2.17. The number of carbonyl (C=O) groups excluding carboxylic acids is 1. The van der Waals surface area contributed by atoms with Crippen LogP contribution in [0.2, 0.25) is 0 Å². The van der Waals surface area contributed by atoms with E-state index in [-0.39, 0.29) is 18.3 Å². The van der Waals surface area contributed by atoms with E-state index in [0.717, 1.165) is 5.56 Å². The van der Waals surface area contributed by atoms with Crippen LogP contribution in [0, 0.1) is 5.82 Å². The maximum absolute atomic E-state index is 13.3. The molecule has 110 valence electrons. The molecule has 1 saturated heterocycles. The first-order valence-electron chi connectivity index (χ1n) is 6.62. The predicted octanol–water partition coefficient (Wildman–Crippen LogP) is 0.783. The molecule has 1 aromatic carbocycles. The Morgan fingerprint density at radius 1 is 1.45 bits per heavy atom. The number of amides is 1. The quantitative estimate of drug-likeness (QED) is 0.867. The Hall–Kier alpha value is -1.66. The first kappa shape index (κ1) is 14.7. The summed E-state index contributed by atoms with van der Waals surface area (Å²) in [5.74, 6) is -0.0763. The van der Waals surface area contributed by atoms with Gasteiger partial charge in [-0.25, -0.2) is 4.39 Å². The van der Waals surface area contributed by atoms with Gasteiger partial charge in [0.05, 0.1) is 13.2 Å². The summed E-state index contributed by atoms with van der Waals surface area (Å²) in [6.07, 6.45) is 0. The molecule has 6 heteroatoms. The van der Waals surface area contributed by atoms with Crippen molar-refractivity contribution in [3.8, 4) is 5.75 Å². The molecule has 2 rings (SSSR count). The highest BCUT2D eigenvalue weighted by atomic mass is 19.1. The number of benzene rings is 1. The number of ether oxygens (including phenoxy) is 2. The van der Waals surface area contributed by atoms with Crippen molar-refractivity contribution in [2.24, 2.45) is 0 Å². The molecule has 0 unspecified atom stereocenters. The third-order valence-electron chi connectivity index (χ3n) is 3.11. The van der Waals surface area contributed by atoms with Gasteiger partial charge in [-0.1, -0.05) is 6.07 Å². The van der Waals surface area contributed by atoms with E-state index in [9.17, 15) is 9.18 Å². The number of halogens is 1. The fourth-order valence-electron chi connectivity index (χ4n) is 2.04. The second kappa shape index (κ2) is 7.21. The molecule has 0 aliphatic carbocycles. The third kappa shape index (κ3) is 3.91. The normalized spacial score (nSPS) is 15.2. The standard InChI is InChI=1S/C14H19FN2O3/c1-16-9-11-2-3-12(15)8-13(11)20-10-14(18)17-4-6-19-7-5-17/h2-3,8,16H,4-7,9-10H2,1H3. The van der Waals surface area contributed by atoms with E-state index >= 15 is 0 Å². The Labute approximate surface area is 117 Å². The van der Waals surface area contributed by atoms with E-state index in [1.54, 1.807) is 18.0 Å². The van der Waals surface area contributed by atoms with Gasteiger partial charge in [-0.3, -0.25) is 4.79 Å². The Balaban J connectivity index is 1.95. The first-order chi connectivity index (χ1) is 9.70. The lowest BCUT2D eigenvalue weighted by Crippen LogP contribution is -2.43. The lowest BCUT2D eigenvalue weighted by molar-refractivity contribution is -0.137. The topological polar surface area (TPSA) is 50.8 Å². The number of carbonyl (C=O) groups is 1. The van der Waals surface area contributed by atoms with Crippen molar-refractivity contribution in [3.63, 3.8) is 0 Å². The van der Waals surface area contributed by atoms with Crippen molar-refractivity contribution in [2.75, 3.05) is 40.0 Å². The molecule has 1 aliphatic heterocycles. The molecule has 1 heterocycles. The number of nitrogens with one attached hydrogen (secondary N) is 1. The molecule has 20 heavy (non-hydrogen) atoms. The average Bonchev–Trinajstić information content (AvgIpc) is 2.48. The monoisotopic (exact) mass is 282 g/mol. The van der Waals surface area contributed by atoms with Gasteiger partial charge in [0, 0.05) is 31.3 Å². The van der Waals surface area contributed by atoms with Crippen LogP contribution in [0.25, 0.3) is 0 Å². The number of morpholine rings is 1. The van der Waals surface area contributed by atoms with Crippen LogP contribution < -0.4 is 10.1 Å². The van der Waals surface area contributed by atoms with Crippen molar-refractivity contribution in [2.45, 2.75) is 6.54 Å². The van der Waals surface area contributed by atoms with Crippen LogP contribution in [0.3, 0.4) is 0 Å². The molecule has 0 radical (unpaired) electrons. The van der Waals surface area contributed by atoms with Crippen molar-refractivity contribution in [1.82, 2.24) is 10.2 Å². The maximum Gasteiger partial charge on any atom is 0.260 e. The third-order valence-corrected chi connectivity index (χ3v) is 3.11. The van der Waals surface area contributed by atoms with Crippen LogP contribution in [-0.4, -0.2) is 50.8 Å². The molecular weight excluding hydrogens is 263 g/mol. The highest BCUT2D eigenvalue weighted by molar-refractivity contribution is 5.77. The van der Waals surface area contributed by atoms with Gasteiger partial charge < -0.3 is 19.7 Å². The molecule has 1 N–H and O–H groups in total. The van der Waals surface area contributed by atoms with E-state index in [2.05, 4.69) is 5.32 Å². The van der Waals surface area contributed by atoms with Crippen LogP contribution >= 0.6 is 0 Å². The zero-order valence-corrected chi connectivity index (χ0v) is 11.5. The van der Waals surface area contributed by atoms with Crippen molar-refractivity contribution in [3.05, 3.63) is 29.6 Å². The van der Waals surface area contributed by atoms with Crippen molar-refractivity contribution in [1.29, 1.82) is 0 Å². The van der Waals surface area contributed by atoms with Gasteiger partial charge in [0.25, 0.3) is 5.91 Å². The fourth-order valence-corrected chi connectivity index (χ4v) is 2.04. The number of nitrogens with zero attached hydrogens (tertiary/aromatic N) is 1. The van der Waals surface area contributed by atoms with E-state index in [1.165, 1.54) is 12.1 Å². The highest BCUT2D eigenvalue weighted by Crippen LogP contribution is 2.20. The number of hydrogen-bond acceptors (Lipinski definition) is 4. The van der Waals surface area contributed by atoms with Gasteiger partial charge in [-0.15, -0.1) is 0 Å². The molecule has 0 spiro atoms.